The number of anilines is 1. The molecule has 1 aliphatic rings. The van der Waals surface area contributed by atoms with Gasteiger partial charge >= 0.3 is 11.9 Å². The van der Waals surface area contributed by atoms with Gasteiger partial charge in [0.1, 0.15) is 22.7 Å². The first-order valence-electron chi connectivity index (χ1n) is 9.78. The van der Waals surface area contributed by atoms with Gasteiger partial charge in [-0.15, -0.1) is 11.3 Å². The maximum Gasteiger partial charge on any atom is 0.348 e. The number of thiophene rings is 1. The van der Waals surface area contributed by atoms with Crippen LogP contribution in [0.4, 0.5) is 5.00 Å². The van der Waals surface area contributed by atoms with Gasteiger partial charge in [-0.2, -0.15) is 0 Å². The van der Waals surface area contributed by atoms with Crippen molar-refractivity contribution in [2.75, 3.05) is 31.7 Å². The molecule has 0 saturated carbocycles. The minimum atomic E-state index is -1.44. The Kier molecular flexibility index (Phi) is 7.29. The zero-order chi connectivity index (χ0) is 22.7. The molecule has 9 nitrogen and oxygen atoms in total. The molecule has 3 rings (SSSR count). The molecule has 3 atom stereocenters. The van der Waals surface area contributed by atoms with Gasteiger partial charge in [-0.25, -0.2) is 9.69 Å². The summed E-state index contributed by atoms with van der Waals surface area (Å²) >= 11 is 1.10. The summed E-state index contributed by atoms with van der Waals surface area (Å²) in [5, 5.41) is 31.6. The molecule has 31 heavy (non-hydrogen) atoms. The molecule has 0 saturated heterocycles. The van der Waals surface area contributed by atoms with E-state index in [4.69, 9.17) is 9.47 Å². The lowest BCUT2D eigenvalue weighted by Gasteiger charge is -2.44. The van der Waals surface area contributed by atoms with Crippen molar-refractivity contribution in [3.63, 3.8) is 0 Å². The monoisotopic (exact) mass is 450 g/mol. The van der Waals surface area contributed by atoms with Crippen LogP contribution in [-0.4, -0.2) is 65.3 Å². The van der Waals surface area contributed by atoms with Crippen LogP contribution in [0.25, 0.3) is 0 Å². The Bertz CT molecular complexity index is 933. The highest BCUT2D eigenvalue weighted by Gasteiger charge is 2.43. The number of carboxylic acid groups (broad SMARTS) is 1. The third kappa shape index (κ3) is 4.58. The molecule has 2 aromatic rings. The summed E-state index contributed by atoms with van der Waals surface area (Å²) < 4.78 is 10.8. The molecular weight excluding hydrogens is 424 g/mol. The summed E-state index contributed by atoms with van der Waals surface area (Å²) in [6.45, 7) is 3.14. The topological polar surface area (TPSA) is 120 Å². The van der Waals surface area contributed by atoms with E-state index >= 15 is 0 Å². The number of methoxy groups -OCH3 is 1. The minimum Gasteiger partial charge on any atom is -0.480 e. The van der Waals surface area contributed by atoms with Gasteiger partial charge in [0, 0.05) is 12.7 Å². The first-order valence-corrected chi connectivity index (χ1v) is 10.6. The number of carbonyl (C=O) groups is 2. The number of rotatable bonds is 8. The van der Waals surface area contributed by atoms with Gasteiger partial charge in [-0.1, -0.05) is 30.3 Å². The molecule has 1 aromatic carbocycles. The van der Waals surface area contributed by atoms with Crippen molar-refractivity contribution in [2.45, 2.75) is 32.5 Å². The number of fused-ring (bicyclic) bond motifs is 1. The molecule has 10 heteroatoms. The van der Waals surface area contributed by atoms with Gasteiger partial charge in [-0.3, -0.25) is 4.79 Å². The number of hydrogen-bond acceptors (Lipinski definition) is 9. The molecule has 0 bridgehead atoms. The predicted octanol–water partition coefficient (Wildman–Crippen LogP) is 2.09. The van der Waals surface area contributed by atoms with E-state index < -0.39 is 37.2 Å². The maximum atomic E-state index is 12.4. The summed E-state index contributed by atoms with van der Waals surface area (Å²) in [6.07, 6.45) is -3.28. The van der Waals surface area contributed by atoms with Crippen LogP contribution in [0.15, 0.2) is 30.3 Å². The standard InChI is InChI=1S/C21H26N2O7S/c1-4-30-20(27)17-12(2)16-18(26)22(11-15(24)25)21(28)23(19(16)31-17)10-14(29-3)13-8-6-5-7-9-13/h5-9,14,18,21,26,28H,4,10-11H2,1-3H3,(H,24,25)/t14-,18?,21?/m1/s1. The average molecular weight is 451 g/mol. The highest BCUT2D eigenvalue weighted by atomic mass is 32.1. The van der Waals surface area contributed by atoms with Crippen LogP contribution in [0, 0.1) is 6.92 Å². The van der Waals surface area contributed by atoms with E-state index in [0.29, 0.717) is 21.0 Å². The fraction of sp³-hybridized carbons (Fsp3) is 0.429. The second-order valence-electron chi connectivity index (χ2n) is 7.07. The number of carboxylic acids is 1. The number of aliphatic hydroxyl groups excluding tert-OH is 2. The predicted molar refractivity (Wildman–Crippen MR) is 114 cm³/mol. The molecule has 0 amide bonds. The normalized spacial score (nSPS) is 19.7. The number of aliphatic carboxylic acids is 1. The van der Waals surface area contributed by atoms with Crippen molar-refractivity contribution in [1.29, 1.82) is 0 Å². The van der Waals surface area contributed by atoms with Crippen LogP contribution in [0.1, 0.15) is 45.6 Å². The smallest absolute Gasteiger partial charge is 0.348 e. The Morgan fingerprint density at radius 3 is 2.48 bits per heavy atom. The van der Waals surface area contributed by atoms with E-state index in [1.807, 2.05) is 30.3 Å². The van der Waals surface area contributed by atoms with Crippen molar-refractivity contribution in [1.82, 2.24) is 4.90 Å². The van der Waals surface area contributed by atoms with E-state index in [-0.39, 0.29) is 13.2 Å². The highest BCUT2D eigenvalue weighted by Crippen LogP contribution is 2.46. The fourth-order valence-corrected chi connectivity index (χ4v) is 4.91. The fourth-order valence-electron chi connectivity index (χ4n) is 3.66. The molecule has 1 aliphatic heterocycles. The summed E-state index contributed by atoms with van der Waals surface area (Å²) in [6, 6.07) is 9.39. The highest BCUT2D eigenvalue weighted by molar-refractivity contribution is 7.18. The molecule has 168 valence electrons. The number of hydrogen-bond donors (Lipinski definition) is 3. The second-order valence-corrected chi connectivity index (χ2v) is 8.07. The van der Waals surface area contributed by atoms with Gasteiger partial charge in [0.25, 0.3) is 0 Å². The van der Waals surface area contributed by atoms with Gasteiger partial charge in [-0.05, 0) is 25.0 Å². The van der Waals surface area contributed by atoms with Gasteiger partial charge in [0.2, 0.25) is 0 Å². The molecule has 0 fully saturated rings. The lowest BCUT2D eigenvalue weighted by molar-refractivity contribution is -0.154. The number of nitrogens with zero attached hydrogens (tertiary/aromatic N) is 2. The van der Waals surface area contributed by atoms with E-state index in [0.717, 1.165) is 21.8 Å². The van der Waals surface area contributed by atoms with Crippen LogP contribution in [0.5, 0.6) is 0 Å². The van der Waals surface area contributed by atoms with E-state index in [1.165, 1.54) is 0 Å². The molecule has 0 radical (unpaired) electrons. The van der Waals surface area contributed by atoms with E-state index in [1.54, 1.807) is 25.9 Å². The largest absolute Gasteiger partial charge is 0.480 e. The lowest BCUT2D eigenvalue weighted by atomic mass is 10.0. The zero-order valence-corrected chi connectivity index (χ0v) is 18.3. The van der Waals surface area contributed by atoms with Gasteiger partial charge < -0.3 is 29.7 Å². The average Bonchev–Trinajstić information content (AvgIpc) is 3.09. The summed E-state index contributed by atoms with van der Waals surface area (Å²) in [7, 11) is 1.54. The first kappa shape index (κ1) is 23.2. The maximum absolute atomic E-state index is 12.4. The Balaban J connectivity index is 2.06. The van der Waals surface area contributed by atoms with E-state index in [2.05, 4.69) is 0 Å². The zero-order valence-electron chi connectivity index (χ0n) is 17.5. The van der Waals surface area contributed by atoms with Gasteiger partial charge in [0.15, 0.2) is 6.35 Å². The number of esters is 1. The molecule has 2 unspecified atom stereocenters. The van der Waals surface area contributed by atoms with Crippen molar-refractivity contribution < 1.29 is 34.4 Å². The van der Waals surface area contributed by atoms with Crippen molar-refractivity contribution in [2.24, 2.45) is 0 Å². The van der Waals surface area contributed by atoms with Crippen LogP contribution in [0.2, 0.25) is 0 Å². The SMILES string of the molecule is CCOC(=O)c1sc2c(c1C)C(O)N(CC(=O)O)C(O)N2C[C@@H](OC)c1ccccc1. The second kappa shape index (κ2) is 9.75. The summed E-state index contributed by atoms with van der Waals surface area (Å²) in [5.74, 6) is -1.73. The molecule has 0 spiro atoms. The van der Waals surface area contributed by atoms with Crippen LogP contribution >= 0.6 is 11.3 Å². The van der Waals surface area contributed by atoms with Gasteiger partial charge in [0.05, 0.1) is 19.3 Å². The third-order valence-corrected chi connectivity index (χ3v) is 6.50. The van der Waals surface area contributed by atoms with Crippen LogP contribution in [0.3, 0.4) is 0 Å². The van der Waals surface area contributed by atoms with E-state index in [9.17, 15) is 24.9 Å². The first-order chi connectivity index (χ1) is 14.8. The molecular formula is C21H26N2O7S. The quantitative estimate of drug-likeness (QED) is 0.519. The summed E-state index contributed by atoms with van der Waals surface area (Å²) in [5.41, 5.74) is 1.74. The number of carbonyl (C=O) groups excluding carboxylic acids is 1. The Morgan fingerprint density at radius 1 is 1.23 bits per heavy atom. The molecule has 2 heterocycles. The lowest BCUT2D eigenvalue weighted by Crippen LogP contribution is -2.56. The molecule has 0 aliphatic carbocycles. The Hall–Kier alpha value is -2.50. The van der Waals surface area contributed by atoms with Crippen molar-refractivity contribution in [3.05, 3.63) is 51.9 Å². The third-order valence-electron chi connectivity index (χ3n) is 5.18. The van der Waals surface area contributed by atoms with Crippen LogP contribution < -0.4 is 4.90 Å². The molecule has 3 N–H and O–H groups in total. The molecule has 1 aromatic heterocycles. The van der Waals surface area contributed by atoms with Crippen molar-refractivity contribution in [3.8, 4) is 0 Å². The number of ether oxygens (including phenoxy) is 2. The summed E-state index contributed by atoms with van der Waals surface area (Å²) in [4.78, 5) is 26.7. The number of benzene rings is 1. The minimum absolute atomic E-state index is 0.166. The number of aliphatic hydroxyl groups is 2. The Morgan fingerprint density at radius 2 is 1.90 bits per heavy atom. The van der Waals surface area contributed by atoms with Crippen molar-refractivity contribution >= 4 is 28.3 Å². The van der Waals surface area contributed by atoms with Crippen LogP contribution in [-0.2, 0) is 14.3 Å². The Labute approximate surface area is 184 Å².